The normalized spacial score (nSPS) is 17.5. The number of hydrogen-bond acceptors (Lipinski definition) is 10. The lowest BCUT2D eigenvalue weighted by Gasteiger charge is -2.25. The number of likely N-dealkylation sites (N-methyl/N-ethyl adjacent to an activating group) is 1. The van der Waals surface area contributed by atoms with Crippen LogP contribution < -0.4 is 21.1 Å². The highest BCUT2D eigenvalue weighted by atomic mass is 19.2. The van der Waals surface area contributed by atoms with E-state index in [0.29, 0.717) is 45.6 Å². The molecule has 2 unspecified atom stereocenters. The van der Waals surface area contributed by atoms with E-state index in [1.165, 1.54) is 17.1 Å². The van der Waals surface area contributed by atoms with Gasteiger partial charge in [-0.25, -0.2) is 23.4 Å². The number of halogens is 2. The van der Waals surface area contributed by atoms with E-state index in [-0.39, 0.29) is 34.6 Å². The van der Waals surface area contributed by atoms with Gasteiger partial charge in [0, 0.05) is 63.0 Å². The van der Waals surface area contributed by atoms with Crippen LogP contribution in [-0.4, -0.2) is 93.3 Å². The van der Waals surface area contributed by atoms with Crippen LogP contribution in [0, 0.1) is 11.6 Å². The summed E-state index contributed by atoms with van der Waals surface area (Å²) in [6, 6.07) is 2.38. The van der Waals surface area contributed by atoms with E-state index in [1.54, 1.807) is 26.4 Å². The number of rotatable bonds is 6. The summed E-state index contributed by atoms with van der Waals surface area (Å²) in [7, 11) is 6.90. The fourth-order valence-corrected chi connectivity index (χ4v) is 5.87. The van der Waals surface area contributed by atoms with E-state index in [2.05, 4.69) is 25.7 Å². The van der Waals surface area contributed by atoms with Crippen molar-refractivity contribution < 1.29 is 24.1 Å². The molecule has 1 aromatic carbocycles. The van der Waals surface area contributed by atoms with Crippen molar-refractivity contribution in [2.75, 3.05) is 56.9 Å². The summed E-state index contributed by atoms with van der Waals surface area (Å²) in [5, 5.41) is 33.9. The van der Waals surface area contributed by atoms with Crippen LogP contribution in [0.5, 0.6) is 0 Å². The number of fused-ring (bicyclic) bond motifs is 4. The van der Waals surface area contributed by atoms with Crippen molar-refractivity contribution in [2.24, 2.45) is 0 Å². The predicted octanol–water partition coefficient (Wildman–Crippen LogP) is 1.68. The zero-order valence-corrected chi connectivity index (χ0v) is 23.3. The van der Waals surface area contributed by atoms with Crippen LogP contribution in [0.1, 0.15) is 11.9 Å². The second-order valence-electron chi connectivity index (χ2n) is 10.6. The molecule has 12 nitrogen and oxygen atoms in total. The number of aliphatic hydroxyl groups is 3. The van der Waals surface area contributed by atoms with E-state index in [9.17, 15) is 24.5 Å². The smallest absolute Gasteiger partial charge is 0.199 e. The highest BCUT2D eigenvalue weighted by molar-refractivity contribution is 6.18. The molecule has 4 aromatic heterocycles. The number of hydrogen-bond donors (Lipinski definition) is 6. The molecule has 1 fully saturated rings. The summed E-state index contributed by atoms with van der Waals surface area (Å²) >= 11 is 0. The lowest BCUT2D eigenvalue weighted by Crippen LogP contribution is -2.38. The topological polar surface area (TPSA) is 155 Å². The molecule has 0 aliphatic carbocycles. The molecule has 1 aliphatic heterocycles. The maximum Gasteiger partial charge on any atom is 0.199 e. The molecule has 0 spiro atoms. The highest BCUT2D eigenvalue weighted by Gasteiger charge is 2.36. The molecule has 42 heavy (non-hydrogen) atoms. The minimum atomic E-state index is -2.02. The van der Waals surface area contributed by atoms with Crippen LogP contribution >= 0.6 is 0 Å². The van der Waals surface area contributed by atoms with Crippen molar-refractivity contribution in [1.82, 2.24) is 24.5 Å². The fourth-order valence-electron chi connectivity index (χ4n) is 5.87. The third-order valence-electron chi connectivity index (χ3n) is 7.97. The van der Waals surface area contributed by atoms with Crippen LogP contribution in [0.25, 0.3) is 44.1 Å². The number of pyridine rings is 3. The molecule has 14 heteroatoms. The van der Waals surface area contributed by atoms with E-state index in [0.717, 1.165) is 6.07 Å². The number of β-amino-alcohol motifs (C(OH)–C–C–N with tert-alkyl or cyclic N) is 1. The van der Waals surface area contributed by atoms with E-state index >= 15 is 4.39 Å². The van der Waals surface area contributed by atoms with Crippen molar-refractivity contribution in [3.8, 4) is 11.1 Å². The van der Waals surface area contributed by atoms with Crippen LogP contribution in [0.4, 0.5) is 20.2 Å². The Kier molecular flexibility index (Phi) is 6.73. The molecule has 220 valence electrons. The third-order valence-corrected chi connectivity index (χ3v) is 7.97. The Morgan fingerprint density at radius 2 is 1.88 bits per heavy atom. The first kappa shape index (κ1) is 27.8. The molecule has 2 atom stereocenters. The van der Waals surface area contributed by atoms with Gasteiger partial charge in [-0.1, -0.05) is 0 Å². The number of nitrogens with one attached hydrogen (secondary N) is 3. The first-order chi connectivity index (χ1) is 20.0. The molecule has 5 heterocycles. The third kappa shape index (κ3) is 4.14. The molecule has 1 aliphatic rings. The second-order valence-corrected chi connectivity index (χ2v) is 10.6. The van der Waals surface area contributed by atoms with Gasteiger partial charge in [-0.15, -0.1) is 0 Å². The van der Waals surface area contributed by atoms with Gasteiger partial charge in [0.25, 0.3) is 0 Å². The summed E-state index contributed by atoms with van der Waals surface area (Å²) in [4.78, 5) is 29.2. The van der Waals surface area contributed by atoms with Gasteiger partial charge in [0.1, 0.15) is 5.65 Å². The number of H-pyrrole nitrogens is 1. The Morgan fingerprint density at radius 1 is 1.12 bits per heavy atom. The summed E-state index contributed by atoms with van der Waals surface area (Å²) in [5.74, 6) is -2.08. The molecule has 6 rings (SSSR count). The molecule has 6 N–H and O–H groups in total. The van der Waals surface area contributed by atoms with Gasteiger partial charge < -0.3 is 40.8 Å². The maximum absolute atomic E-state index is 15.6. The van der Waals surface area contributed by atoms with Gasteiger partial charge in [0.05, 0.1) is 50.8 Å². The molecule has 0 radical (unpaired) electrons. The van der Waals surface area contributed by atoms with Gasteiger partial charge in [0.2, 0.25) is 0 Å². The molecule has 1 saturated heterocycles. The van der Waals surface area contributed by atoms with Gasteiger partial charge in [0.15, 0.2) is 29.0 Å². The van der Waals surface area contributed by atoms with Crippen molar-refractivity contribution >= 4 is 44.3 Å². The lowest BCUT2D eigenvalue weighted by molar-refractivity contribution is -0.0435. The van der Waals surface area contributed by atoms with Crippen LogP contribution in [-0.2, 0) is 0 Å². The number of aromatic amines is 1. The summed E-state index contributed by atoms with van der Waals surface area (Å²) in [6.07, 6.45) is 1.59. The molecular weight excluding hydrogens is 550 g/mol. The van der Waals surface area contributed by atoms with Crippen LogP contribution in [0.2, 0.25) is 0 Å². The zero-order chi connectivity index (χ0) is 30.0. The number of aromatic nitrogens is 4. The summed E-state index contributed by atoms with van der Waals surface area (Å²) in [5.41, 5.74) is 4.57. The van der Waals surface area contributed by atoms with E-state index < -0.39 is 29.5 Å². The largest absolute Gasteiger partial charge is 0.390 e. The Balaban J connectivity index is 1.70. The highest BCUT2D eigenvalue weighted by Crippen LogP contribution is 2.44. The van der Waals surface area contributed by atoms with Crippen molar-refractivity contribution in [3.05, 3.63) is 58.1 Å². The molecule has 0 amide bonds. The Hall–Kier alpha value is -4.37. The molecule has 5 aromatic rings. The Labute approximate surface area is 237 Å². The fraction of sp³-hybridized carbons (Fsp3) is 0.321. The molecule has 0 bridgehead atoms. The Morgan fingerprint density at radius 3 is 2.52 bits per heavy atom. The summed E-state index contributed by atoms with van der Waals surface area (Å²) in [6.45, 7) is 0.572. The maximum atomic E-state index is 15.6. The number of nitrogens with zero attached hydrogens (tertiary/aromatic N) is 5. The summed E-state index contributed by atoms with van der Waals surface area (Å²) < 4.78 is 31.8. The average Bonchev–Trinajstić information content (AvgIpc) is 3.55. The molecular formula is C28H30F2N8O4. The van der Waals surface area contributed by atoms with Crippen molar-refractivity contribution in [3.63, 3.8) is 0 Å². The first-order valence-electron chi connectivity index (χ1n) is 13.2. The minimum absolute atomic E-state index is 0.00142. The Bertz CT molecular complexity index is 1920. The van der Waals surface area contributed by atoms with Crippen LogP contribution in [0.15, 0.2) is 35.5 Å². The zero-order valence-electron chi connectivity index (χ0n) is 23.3. The molecule has 0 saturated carbocycles. The average molecular weight is 581 g/mol. The lowest BCUT2D eigenvalue weighted by atomic mass is 10.0. The van der Waals surface area contributed by atoms with Crippen LogP contribution in [0.3, 0.4) is 0 Å². The number of aliphatic hydroxyl groups excluding tert-OH is 2. The van der Waals surface area contributed by atoms with Gasteiger partial charge in [-0.2, -0.15) is 0 Å². The van der Waals surface area contributed by atoms with Gasteiger partial charge in [-0.3, -0.25) is 4.79 Å². The number of anilines is 2. The van der Waals surface area contributed by atoms with Gasteiger partial charge >= 0.3 is 0 Å². The van der Waals surface area contributed by atoms with Crippen molar-refractivity contribution in [1.29, 1.82) is 0 Å². The first-order valence-corrected chi connectivity index (χ1v) is 13.2. The minimum Gasteiger partial charge on any atom is -0.390 e. The van der Waals surface area contributed by atoms with E-state index in [4.69, 9.17) is 0 Å². The van der Waals surface area contributed by atoms with Gasteiger partial charge in [-0.05, 0) is 20.2 Å². The SMILES string of the molecule is CNc1cc(F)c(F)c2c1[nH]c1ncc(-c3cnc4c(c3)c(=O)c(C(O)O)cn4NC)c(N3CC(O)C(N(C)C)C3)c12. The second kappa shape index (κ2) is 10.2. The number of benzene rings is 1. The standard InChI is InChI=1S/C28H30F2N8O4/c1-31-17-6-16(29)22(30)20-21-24(37-10-18(36(3)4)19(39)11-37)14(8-33-26(21)35-23(17)20)12-5-13-25(40)15(28(41)42)9-38(32-2)27(13)34-7-12/h5-9,18-19,28,31-32,39,41-42H,10-11H2,1-4H3,(H,33,35). The van der Waals surface area contributed by atoms with Crippen molar-refractivity contribution in [2.45, 2.75) is 18.4 Å². The monoisotopic (exact) mass is 580 g/mol. The van der Waals surface area contributed by atoms with E-state index in [1.807, 2.05) is 23.9 Å². The predicted molar refractivity (Wildman–Crippen MR) is 156 cm³/mol. The quantitative estimate of drug-likeness (QED) is 0.164.